The van der Waals surface area contributed by atoms with Crippen molar-refractivity contribution in [2.45, 2.75) is 18.9 Å². The number of nitrogens with zero attached hydrogens (tertiary/aromatic N) is 5. The van der Waals surface area contributed by atoms with Crippen LogP contribution in [0.5, 0.6) is 0 Å². The van der Waals surface area contributed by atoms with E-state index in [4.69, 9.17) is 0 Å². The normalized spacial score (nSPS) is 19.1. The van der Waals surface area contributed by atoms with Gasteiger partial charge < -0.3 is 10.2 Å². The molecule has 1 fully saturated rings. The molecule has 0 saturated carbocycles. The van der Waals surface area contributed by atoms with Crippen LogP contribution in [0.4, 0.5) is 5.69 Å². The maximum Gasteiger partial charge on any atom is 0.264 e. The average Bonchev–Trinajstić information content (AvgIpc) is 3.10. The second-order valence-corrected chi connectivity index (χ2v) is 5.70. The number of anilines is 1. The van der Waals surface area contributed by atoms with Crippen molar-refractivity contribution >= 4 is 23.1 Å². The molecule has 20 heavy (non-hydrogen) atoms. The summed E-state index contributed by atoms with van der Waals surface area (Å²) in [6, 6.07) is 0.151. The minimum Gasteiger partial charge on any atom is -0.367 e. The van der Waals surface area contributed by atoms with Gasteiger partial charge in [-0.1, -0.05) is 4.49 Å². The van der Waals surface area contributed by atoms with E-state index in [0.717, 1.165) is 43.2 Å². The molecule has 1 saturated heterocycles. The molecular weight excluding hydrogens is 276 g/mol. The maximum absolute atomic E-state index is 12.0. The second-order valence-electron chi connectivity index (χ2n) is 4.91. The molecule has 2 aromatic rings. The summed E-state index contributed by atoms with van der Waals surface area (Å²) in [6.07, 6.45) is 7.41. The lowest BCUT2D eigenvalue weighted by Crippen LogP contribution is -2.47. The van der Waals surface area contributed by atoms with E-state index in [1.807, 2.05) is 19.4 Å². The van der Waals surface area contributed by atoms with Crippen molar-refractivity contribution in [2.24, 2.45) is 7.05 Å². The third-order valence-electron chi connectivity index (χ3n) is 3.40. The van der Waals surface area contributed by atoms with Crippen molar-refractivity contribution in [2.75, 3.05) is 18.0 Å². The number of aromatic nitrogens is 4. The van der Waals surface area contributed by atoms with Gasteiger partial charge in [0.05, 0.1) is 18.1 Å². The predicted molar refractivity (Wildman–Crippen MR) is 75.8 cm³/mol. The number of rotatable bonds is 3. The second kappa shape index (κ2) is 5.58. The van der Waals surface area contributed by atoms with Gasteiger partial charge in [-0.2, -0.15) is 5.10 Å². The number of hydrogen-bond donors (Lipinski definition) is 1. The monoisotopic (exact) mass is 292 g/mol. The molecule has 1 atom stereocenters. The summed E-state index contributed by atoms with van der Waals surface area (Å²) in [4.78, 5) is 14.8. The first-order valence-corrected chi connectivity index (χ1v) is 7.31. The number of hydrogen-bond acceptors (Lipinski definition) is 6. The van der Waals surface area contributed by atoms with E-state index in [2.05, 4.69) is 24.9 Å². The first kappa shape index (κ1) is 13.0. The number of aryl methyl sites for hydroxylation is 1. The molecule has 1 aliphatic heterocycles. The zero-order valence-electron chi connectivity index (χ0n) is 11.2. The lowest BCUT2D eigenvalue weighted by molar-refractivity contribution is 0.0937. The van der Waals surface area contributed by atoms with E-state index in [1.54, 1.807) is 4.68 Å². The highest BCUT2D eigenvalue weighted by molar-refractivity contribution is 7.07. The van der Waals surface area contributed by atoms with E-state index in [0.29, 0.717) is 4.88 Å². The van der Waals surface area contributed by atoms with Gasteiger partial charge in [0.2, 0.25) is 0 Å². The molecule has 1 amide bonds. The Morgan fingerprint density at radius 2 is 2.40 bits per heavy atom. The smallest absolute Gasteiger partial charge is 0.264 e. The first-order chi connectivity index (χ1) is 9.72. The van der Waals surface area contributed by atoms with Crippen molar-refractivity contribution in [1.29, 1.82) is 0 Å². The Labute approximate surface area is 120 Å². The van der Waals surface area contributed by atoms with Gasteiger partial charge in [-0.3, -0.25) is 9.48 Å². The Kier molecular flexibility index (Phi) is 3.64. The topological polar surface area (TPSA) is 75.9 Å². The van der Waals surface area contributed by atoms with Crippen LogP contribution < -0.4 is 10.2 Å². The van der Waals surface area contributed by atoms with Crippen LogP contribution in [0.3, 0.4) is 0 Å². The molecule has 0 radical (unpaired) electrons. The van der Waals surface area contributed by atoms with Crippen LogP contribution in [0.25, 0.3) is 0 Å². The van der Waals surface area contributed by atoms with Crippen LogP contribution in [0.2, 0.25) is 0 Å². The van der Waals surface area contributed by atoms with E-state index in [-0.39, 0.29) is 11.9 Å². The van der Waals surface area contributed by atoms with Crippen LogP contribution in [0.15, 0.2) is 18.6 Å². The summed E-state index contributed by atoms with van der Waals surface area (Å²) in [5.41, 5.74) is 1.10. The average molecular weight is 292 g/mol. The summed E-state index contributed by atoms with van der Waals surface area (Å²) in [6.45, 7) is 1.81. The fourth-order valence-corrected chi connectivity index (χ4v) is 2.84. The molecular formula is C12H16N6OS. The molecule has 2 aromatic heterocycles. The highest BCUT2D eigenvalue weighted by Crippen LogP contribution is 2.19. The standard InChI is InChI=1S/C12H16N6OS/c1-17-8-10(5-14-17)18-4-2-3-9(7-18)15-12(19)11-6-13-16-20-11/h5-6,8-9H,2-4,7H2,1H3,(H,15,19). The fraction of sp³-hybridized carbons (Fsp3) is 0.500. The van der Waals surface area contributed by atoms with Crippen molar-refractivity contribution in [3.8, 4) is 0 Å². The van der Waals surface area contributed by atoms with Crippen molar-refractivity contribution in [3.05, 3.63) is 23.5 Å². The lowest BCUT2D eigenvalue weighted by atomic mass is 10.1. The molecule has 7 nitrogen and oxygen atoms in total. The predicted octanol–water partition coefficient (Wildman–Crippen LogP) is 0.670. The van der Waals surface area contributed by atoms with Crippen LogP contribution in [0.1, 0.15) is 22.5 Å². The van der Waals surface area contributed by atoms with Gasteiger partial charge in [-0.05, 0) is 24.4 Å². The molecule has 106 valence electrons. The number of carbonyl (C=O) groups is 1. The third-order valence-corrected chi connectivity index (χ3v) is 4.06. The summed E-state index contributed by atoms with van der Waals surface area (Å²) < 4.78 is 5.50. The molecule has 1 N–H and O–H groups in total. The summed E-state index contributed by atoms with van der Waals surface area (Å²) in [7, 11) is 1.91. The Morgan fingerprint density at radius 3 is 3.10 bits per heavy atom. The van der Waals surface area contributed by atoms with E-state index >= 15 is 0 Å². The summed E-state index contributed by atoms with van der Waals surface area (Å²) in [5, 5.41) is 10.9. The molecule has 0 aliphatic carbocycles. The minimum absolute atomic E-state index is 0.0852. The summed E-state index contributed by atoms with van der Waals surface area (Å²) >= 11 is 1.12. The van der Waals surface area contributed by atoms with Crippen LogP contribution in [-0.4, -0.2) is 44.4 Å². The van der Waals surface area contributed by atoms with Crippen molar-refractivity contribution in [3.63, 3.8) is 0 Å². The van der Waals surface area contributed by atoms with E-state index in [9.17, 15) is 4.79 Å². The number of carbonyl (C=O) groups excluding carboxylic acids is 1. The zero-order valence-corrected chi connectivity index (χ0v) is 12.0. The molecule has 1 unspecified atom stereocenters. The van der Waals surface area contributed by atoms with Crippen LogP contribution in [0, 0.1) is 0 Å². The summed E-state index contributed by atoms with van der Waals surface area (Å²) in [5.74, 6) is -0.0852. The number of nitrogens with one attached hydrogen (secondary N) is 1. The fourth-order valence-electron chi connectivity index (χ4n) is 2.42. The highest BCUT2D eigenvalue weighted by atomic mass is 32.1. The Balaban J connectivity index is 1.62. The van der Waals surface area contributed by atoms with Gasteiger partial charge >= 0.3 is 0 Å². The molecule has 1 aliphatic rings. The van der Waals surface area contributed by atoms with Crippen LogP contribution in [-0.2, 0) is 7.05 Å². The molecule has 3 rings (SSSR count). The van der Waals surface area contributed by atoms with E-state index < -0.39 is 0 Å². The van der Waals surface area contributed by atoms with Gasteiger partial charge in [-0.15, -0.1) is 5.10 Å². The third kappa shape index (κ3) is 2.79. The van der Waals surface area contributed by atoms with Gasteiger partial charge in [-0.25, -0.2) is 0 Å². The minimum atomic E-state index is -0.0852. The number of piperidine rings is 1. The lowest BCUT2D eigenvalue weighted by Gasteiger charge is -2.33. The maximum atomic E-state index is 12.0. The molecule has 0 aromatic carbocycles. The quantitative estimate of drug-likeness (QED) is 0.900. The number of amides is 1. The molecule has 0 spiro atoms. The Bertz CT molecular complexity index is 581. The SMILES string of the molecule is Cn1cc(N2CCCC(NC(=O)c3cnns3)C2)cn1. The molecule has 0 bridgehead atoms. The van der Waals surface area contributed by atoms with Crippen molar-refractivity contribution in [1.82, 2.24) is 24.7 Å². The van der Waals surface area contributed by atoms with Gasteiger partial charge in [0.1, 0.15) is 4.88 Å². The zero-order chi connectivity index (χ0) is 13.9. The van der Waals surface area contributed by atoms with Crippen LogP contribution >= 0.6 is 11.5 Å². The largest absolute Gasteiger partial charge is 0.367 e. The van der Waals surface area contributed by atoms with Crippen molar-refractivity contribution < 1.29 is 4.79 Å². The first-order valence-electron chi connectivity index (χ1n) is 6.54. The Hall–Kier alpha value is -1.96. The van der Waals surface area contributed by atoms with Gasteiger partial charge in [0, 0.05) is 32.4 Å². The van der Waals surface area contributed by atoms with E-state index in [1.165, 1.54) is 6.20 Å². The highest BCUT2D eigenvalue weighted by Gasteiger charge is 2.23. The van der Waals surface area contributed by atoms with Gasteiger partial charge in [0.15, 0.2) is 0 Å². The Morgan fingerprint density at radius 1 is 1.50 bits per heavy atom. The molecule has 8 heteroatoms. The molecule has 3 heterocycles. The van der Waals surface area contributed by atoms with Gasteiger partial charge in [0.25, 0.3) is 5.91 Å².